The van der Waals surface area contributed by atoms with Crippen molar-refractivity contribution in [3.63, 3.8) is 0 Å². The number of nitrogens with zero attached hydrogens (tertiary/aromatic N) is 3. The van der Waals surface area contributed by atoms with E-state index in [9.17, 15) is 0 Å². The SMILES string of the molecule is Cc1sc2nc(CN3CCC(C)CC3)nc(Oc3ccccc3Cl)c2c1C. The summed E-state index contributed by atoms with van der Waals surface area (Å²) >= 11 is 8.01. The highest BCUT2D eigenvalue weighted by atomic mass is 35.5. The first-order valence-electron chi connectivity index (χ1n) is 9.42. The average molecular weight is 402 g/mol. The molecule has 0 amide bonds. The van der Waals surface area contributed by atoms with Gasteiger partial charge in [-0.05, 0) is 63.4 Å². The number of likely N-dealkylation sites (tertiary alicyclic amines) is 1. The van der Waals surface area contributed by atoms with E-state index in [1.165, 1.54) is 23.3 Å². The molecule has 6 heteroatoms. The number of hydrogen-bond donors (Lipinski definition) is 0. The lowest BCUT2D eigenvalue weighted by Gasteiger charge is -2.29. The van der Waals surface area contributed by atoms with Gasteiger partial charge in [0.05, 0.1) is 17.0 Å². The van der Waals surface area contributed by atoms with Gasteiger partial charge in [0.1, 0.15) is 16.4 Å². The molecule has 1 saturated heterocycles. The molecule has 27 heavy (non-hydrogen) atoms. The summed E-state index contributed by atoms with van der Waals surface area (Å²) in [6.07, 6.45) is 2.48. The van der Waals surface area contributed by atoms with Crippen molar-refractivity contribution in [2.75, 3.05) is 13.1 Å². The van der Waals surface area contributed by atoms with Crippen molar-refractivity contribution in [2.24, 2.45) is 5.92 Å². The zero-order valence-electron chi connectivity index (χ0n) is 16.0. The van der Waals surface area contributed by atoms with Crippen molar-refractivity contribution in [3.8, 4) is 11.6 Å². The summed E-state index contributed by atoms with van der Waals surface area (Å²) in [5, 5.41) is 1.58. The summed E-state index contributed by atoms with van der Waals surface area (Å²) in [4.78, 5) is 14.3. The van der Waals surface area contributed by atoms with Crippen LogP contribution in [0, 0.1) is 19.8 Å². The molecule has 0 bridgehead atoms. The van der Waals surface area contributed by atoms with E-state index in [4.69, 9.17) is 26.3 Å². The van der Waals surface area contributed by atoms with Crippen molar-refractivity contribution >= 4 is 33.2 Å². The van der Waals surface area contributed by atoms with E-state index in [1.807, 2.05) is 24.3 Å². The van der Waals surface area contributed by atoms with E-state index >= 15 is 0 Å². The van der Waals surface area contributed by atoms with Gasteiger partial charge in [-0.2, -0.15) is 4.98 Å². The monoisotopic (exact) mass is 401 g/mol. The molecule has 1 aromatic carbocycles. The molecule has 0 saturated carbocycles. The smallest absolute Gasteiger partial charge is 0.231 e. The van der Waals surface area contributed by atoms with Crippen LogP contribution >= 0.6 is 22.9 Å². The minimum atomic E-state index is 0.584. The standard InChI is InChI=1S/C21H24ClN3OS/c1-13-8-10-25(11-9-13)12-18-23-20(26-17-7-5-4-6-16(17)22)19-14(2)15(3)27-21(19)24-18/h4-7,13H,8-12H2,1-3H3. The Morgan fingerprint density at radius 1 is 1.19 bits per heavy atom. The first-order chi connectivity index (χ1) is 13.0. The molecule has 3 aromatic rings. The topological polar surface area (TPSA) is 38.2 Å². The first kappa shape index (κ1) is 18.7. The number of piperidine rings is 1. The van der Waals surface area contributed by atoms with Crippen molar-refractivity contribution in [1.82, 2.24) is 14.9 Å². The molecule has 0 unspecified atom stereocenters. The van der Waals surface area contributed by atoms with Crippen LogP contribution in [0.3, 0.4) is 0 Å². The van der Waals surface area contributed by atoms with E-state index in [0.29, 0.717) is 16.7 Å². The zero-order valence-corrected chi connectivity index (χ0v) is 17.5. The number of ether oxygens (including phenoxy) is 1. The van der Waals surface area contributed by atoms with Gasteiger partial charge in [-0.3, -0.25) is 4.90 Å². The number of para-hydroxylation sites is 1. The number of fused-ring (bicyclic) bond motifs is 1. The maximum Gasteiger partial charge on any atom is 0.231 e. The molecule has 1 aliphatic heterocycles. The van der Waals surface area contributed by atoms with Crippen LogP contribution in [0.1, 0.15) is 36.0 Å². The number of rotatable bonds is 4. The number of halogens is 1. The van der Waals surface area contributed by atoms with Crippen LogP contribution in [0.15, 0.2) is 24.3 Å². The molecule has 0 radical (unpaired) electrons. The van der Waals surface area contributed by atoms with Gasteiger partial charge in [0, 0.05) is 4.88 Å². The number of hydrogen-bond acceptors (Lipinski definition) is 5. The lowest BCUT2D eigenvalue weighted by atomic mass is 9.99. The van der Waals surface area contributed by atoms with Gasteiger partial charge in [-0.1, -0.05) is 30.7 Å². The van der Waals surface area contributed by atoms with Crippen LogP contribution in [0.25, 0.3) is 10.2 Å². The van der Waals surface area contributed by atoms with Crippen LogP contribution in [-0.2, 0) is 6.54 Å². The number of benzene rings is 1. The van der Waals surface area contributed by atoms with Crippen LogP contribution < -0.4 is 4.74 Å². The van der Waals surface area contributed by atoms with E-state index in [2.05, 4.69) is 25.7 Å². The Morgan fingerprint density at radius 3 is 2.67 bits per heavy atom. The Morgan fingerprint density at radius 2 is 1.93 bits per heavy atom. The molecule has 0 atom stereocenters. The zero-order chi connectivity index (χ0) is 19.0. The summed E-state index contributed by atoms with van der Waals surface area (Å²) in [7, 11) is 0. The van der Waals surface area contributed by atoms with Crippen LogP contribution in [0.2, 0.25) is 5.02 Å². The van der Waals surface area contributed by atoms with Crippen molar-refractivity contribution in [2.45, 2.75) is 40.2 Å². The van der Waals surface area contributed by atoms with Gasteiger partial charge >= 0.3 is 0 Å². The van der Waals surface area contributed by atoms with Crippen LogP contribution in [0.5, 0.6) is 11.6 Å². The molecule has 2 aromatic heterocycles. The quantitative estimate of drug-likeness (QED) is 0.538. The Bertz CT molecular complexity index is 963. The molecular weight excluding hydrogens is 378 g/mol. The number of thiophene rings is 1. The third kappa shape index (κ3) is 3.96. The second-order valence-corrected chi connectivity index (χ2v) is 9.01. The maximum atomic E-state index is 6.31. The number of aromatic nitrogens is 2. The van der Waals surface area contributed by atoms with E-state index in [1.54, 1.807) is 11.3 Å². The Labute approximate surface area is 169 Å². The molecule has 0 aliphatic carbocycles. The fourth-order valence-corrected chi connectivity index (χ4v) is 4.66. The molecular formula is C21H24ClN3OS. The van der Waals surface area contributed by atoms with Gasteiger partial charge in [0.15, 0.2) is 0 Å². The first-order valence-corrected chi connectivity index (χ1v) is 10.6. The largest absolute Gasteiger partial charge is 0.437 e. The molecule has 0 spiro atoms. The van der Waals surface area contributed by atoms with Crippen LogP contribution in [0.4, 0.5) is 0 Å². The fraction of sp³-hybridized carbons (Fsp3) is 0.429. The summed E-state index contributed by atoms with van der Waals surface area (Å²) in [5.74, 6) is 2.86. The third-order valence-electron chi connectivity index (χ3n) is 5.33. The predicted octanol–water partition coefficient (Wildman–Crippen LogP) is 5.99. The van der Waals surface area contributed by atoms with Gasteiger partial charge < -0.3 is 4.74 Å². The van der Waals surface area contributed by atoms with E-state index in [-0.39, 0.29) is 0 Å². The fourth-order valence-electron chi connectivity index (χ4n) is 3.45. The highest BCUT2D eigenvalue weighted by Gasteiger charge is 2.20. The van der Waals surface area contributed by atoms with Crippen molar-refractivity contribution < 1.29 is 4.74 Å². The van der Waals surface area contributed by atoms with Gasteiger partial charge in [-0.25, -0.2) is 4.98 Å². The van der Waals surface area contributed by atoms with Gasteiger partial charge in [0.25, 0.3) is 0 Å². The van der Waals surface area contributed by atoms with Gasteiger partial charge in [0.2, 0.25) is 5.88 Å². The highest BCUT2D eigenvalue weighted by molar-refractivity contribution is 7.18. The number of aryl methyl sites for hydroxylation is 2. The molecule has 142 valence electrons. The Hall–Kier alpha value is -1.69. The van der Waals surface area contributed by atoms with E-state index in [0.717, 1.165) is 41.6 Å². The molecule has 1 aliphatic rings. The van der Waals surface area contributed by atoms with E-state index < -0.39 is 0 Å². The lowest BCUT2D eigenvalue weighted by Crippen LogP contribution is -2.32. The minimum absolute atomic E-state index is 0.584. The second kappa shape index (κ2) is 7.74. The summed E-state index contributed by atoms with van der Waals surface area (Å²) < 4.78 is 6.17. The van der Waals surface area contributed by atoms with Crippen molar-refractivity contribution in [1.29, 1.82) is 0 Å². The third-order valence-corrected chi connectivity index (χ3v) is 6.74. The normalized spacial score (nSPS) is 16.1. The molecule has 1 fully saturated rings. The minimum Gasteiger partial charge on any atom is -0.437 e. The summed E-state index contributed by atoms with van der Waals surface area (Å²) in [5.41, 5.74) is 1.18. The molecule has 4 rings (SSSR count). The van der Waals surface area contributed by atoms with Crippen LogP contribution in [-0.4, -0.2) is 28.0 Å². The second-order valence-electron chi connectivity index (χ2n) is 7.40. The summed E-state index contributed by atoms with van der Waals surface area (Å²) in [6, 6.07) is 7.52. The highest BCUT2D eigenvalue weighted by Crippen LogP contribution is 2.38. The molecule has 4 nitrogen and oxygen atoms in total. The Balaban J connectivity index is 1.70. The maximum absolute atomic E-state index is 6.31. The summed E-state index contributed by atoms with van der Waals surface area (Å²) in [6.45, 7) is 9.51. The molecule has 3 heterocycles. The lowest BCUT2D eigenvalue weighted by molar-refractivity contribution is 0.181. The predicted molar refractivity (Wildman–Crippen MR) is 112 cm³/mol. The van der Waals surface area contributed by atoms with Gasteiger partial charge in [-0.15, -0.1) is 11.3 Å². The molecule has 0 N–H and O–H groups in total. The Kier molecular flexibility index (Phi) is 5.35. The average Bonchev–Trinajstić information content (AvgIpc) is 2.93. The van der Waals surface area contributed by atoms with Crippen molar-refractivity contribution in [3.05, 3.63) is 45.6 Å².